The lowest BCUT2D eigenvalue weighted by molar-refractivity contribution is -0.139. The van der Waals surface area contributed by atoms with Gasteiger partial charge in [0.2, 0.25) is 0 Å². The van der Waals surface area contributed by atoms with Crippen molar-refractivity contribution in [2.24, 2.45) is 5.92 Å². The molecule has 6 atom stereocenters. The molecule has 0 heterocycles. The molecule has 0 aromatic heterocycles. The lowest BCUT2D eigenvalue weighted by Gasteiger charge is -2.23. The topological polar surface area (TPSA) is 98.0 Å². The Hall–Kier alpha value is -1.15. The molecule has 0 saturated heterocycles. The number of carboxylic acid groups (broad SMARTS) is 1. The van der Waals surface area contributed by atoms with Crippen molar-refractivity contribution in [3.05, 3.63) is 35.6 Å². The van der Waals surface area contributed by atoms with Crippen molar-refractivity contribution in [3.63, 3.8) is 0 Å². The summed E-state index contributed by atoms with van der Waals surface area (Å²) >= 11 is 1.51. The second-order valence-electron chi connectivity index (χ2n) is 7.76. The van der Waals surface area contributed by atoms with Crippen molar-refractivity contribution in [1.29, 1.82) is 0 Å². The molecule has 7 heteroatoms. The second kappa shape index (κ2) is 11.1. The number of rotatable bonds is 11. The summed E-state index contributed by atoms with van der Waals surface area (Å²) in [6, 6.07) is 5.61. The van der Waals surface area contributed by atoms with Gasteiger partial charge >= 0.3 is 5.97 Å². The molecular weight excluding hydrogens is 383 g/mol. The highest BCUT2D eigenvalue weighted by atomic mass is 32.2. The summed E-state index contributed by atoms with van der Waals surface area (Å²) in [4.78, 5) is 11.5. The molecule has 0 radical (unpaired) electrons. The van der Waals surface area contributed by atoms with Gasteiger partial charge in [0.1, 0.15) is 5.82 Å². The Morgan fingerprint density at radius 1 is 1.18 bits per heavy atom. The van der Waals surface area contributed by atoms with Crippen LogP contribution in [-0.2, 0) is 4.79 Å². The number of unbranched alkanes of at least 4 members (excludes halogenated alkanes) is 2. The molecule has 1 saturated carbocycles. The van der Waals surface area contributed by atoms with Gasteiger partial charge in [-0.2, -0.15) is 11.8 Å². The quantitative estimate of drug-likeness (QED) is 0.415. The largest absolute Gasteiger partial charge is 0.481 e. The molecule has 2 rings (SSSR count). The molecular formula is C21H31FO5S. The first-order valence-corrected chi connectivity index (χ1v) is 11.0. The highest BCUT2D eigenvalue weighted by molar-refractivity contribution is 8.00. The molecule has 5 nitrogen and oxygen atoms in total. The maximum absolute atomic E-state index is 13.0. The van der Waals surface area contributed by atoms with Crippen molar-refractivity contribution in [2.45, 2.75) is 74.9 Å². The minimum absolute atomic E-state index is 0.00822. The Labute approximate surface area is 170 Å². The fourth-order valence-electron chi connectivity index (χ4n) is 3.94. The van der Waals surface area contributed by atoms with Crippen LogP contribution in [0.4, 0.5) is 4.39 Å². The number of carbonyl (C=O) groups is 1. The molecule has 1 aliphatic rings. The minimum atomic E-state index is -0.907. The van der Waals surface area contributed by atoms with Gasteiger partial charge in [-0.25, -0.2) is 4.39 Å². The van der Waals surface area contributed by atoms with Crippen LogP contribution in [0.1, 0.15) is 56.9 Å². The molecule has 1 aromatic rings. The van der Waals surface area contributed by atoms with Crippen LogP contribution >= 0.6 is 11.8 Å². The Morgan fingerprint density at radius 2 is 1.86 bits per heavy atom. The lowest BCUT2D eigenvalue weighted by atomic mass is 9.91. The van der Waals surface area contributed by atoms with Gasteiger partial charge in [-0.05, 0) is 43.4 Å². The van der Waals surface area contributed by atoms with Crippen molar-refractivity contribution in [1.82, 2.24) is 0 Å². The smallest absolute Gasteiger partial charge is 0.310 e. The van der Waals surface area contributed by atoms with Gasteiger partial charge in [0.15, 0.2) is 0 Å². The van der Waals surface area contributed by atoms with Crippen LogP contribution in [0.15, 0.2) is 24.3 Å². The maximum atomic E-state index is 13.0. The van der Waals surface area contributed by atoms with E-state index in [0.717, 1.165) is 25.7 Å². The Balaban J connectivity index is 1.78. The molecule has 1 aromatic carbocycles. The van der Waals surface area contributed by atoms with Gasteiger partial charge in [-0.3, -0.25) is 4.79 Å². The standard InChI is InChI=1S/C21H31FO5S/c1-13(23)12-28-20-17(18(24)11-19(20)25)6-4-2-3-5-16(21(26)27)14-7-9-15(22)10-8-14/h7-10,13,16-20,23-25H,2-6,11-12H2,1H3,(H,26,27)/t13?,16?,17-,18?,19?,20+/m0/s1. The molecule has 0 amide bonds. The van der Waals surface area contributed by atoms with Crippen LogP contribution in [0.2, 0.25) is 0 Å². The Kier molecular flexibility index (Phi) is 9.21. The fraction of sp³-hybridized carbons (Fsp3) is 0.667. The minimum Gasteiger partial charge on any atom is -0.481 e. The van der Waals surface area contributed by atoms with Gasteiger partial charge in [0.25, 0.3) is 0 Å². The van der Waals surface area contributed by atoms with E-state index in [1.54, 1.807) is 6.92 Å². The van der Waals surface area contributed by atoms with E-state index < -0.39 is 30.2 Å². The zero-order valence-corrected chi connectivity index (χ0v) is 17.0. The van der Waals surface area contributed by atoms with E-state index >= 15 is 0 Å². The van der Waals surface area contributed by atoms with Crippen LogP contribution in [0.5, 0.6) is 0 Å². The zero-order valence-electron chi connectivity index (χ0n) is 16.2. The number of carboxylic acids is 1. The Bertz CT molecular complexity index is 609. The van der Waals surface area contributed by atoms with Gasteiger partial charge in [0.05, 0.1) is 24.2 Å². The van der Waals surface area contributed by atoms with Gasteiger partial charge < -0.3 is 20.4 Å². The molecule has 28 heavy (non-hydrogen) atoms. The average molecular weight is 415 g/mol. The summed E-state index contributed by atoms with van der Waals surface area (Å²) in [6.45, 7) is 1.71. The van der Waals surface area contributed by atoms with E-state index in [1.165, 1.54) is 36.0 Å². The summed E-state index contributed by atoms with van der Waals surface area (Å²) in [5, 5.41) is 39.3. The highest BCUT2D eigenvalue weighted by Crippen LogP contribution is 2.39. The maximum Gasteiger partial charge on any atom is 0.310 e. The van der Waals surface area contributed by atoms with Gasteiger partial charge in [-0.1, -0.05) is 31.4 Å². The van der Waals surface area contributed by atoms with Gasteiger partial charge in [-0.15, -0.1) is 0 Å². The molecule has 0 bridgehead atoms. The zero-order chi connectivity index (χ0) is 20.7. The van der Waals surface area contributed by atoms with Crippen LogP contribution in [-0.4, -0.2) is 55.7 Å². The molecule has 1 aliphatic carbocycles. The number of halogens is 1. The Morgan fingerprint density at radius 3 is 2.46 bits per heavy atom. The summed E-state index contributed by atoms with van der Waals surface area (Å²) in [7, 11) is 0. The molecule has 0 aliphatic heterocycles. The summed E-state index contributed by atoms with van der Waals surface area (Å²) in [5.41, 5.74) is 0.609. The second-order valence-corrected chi connectivity index (χ2v) is 8.97. The average Bonchev–Trinajstić information content (AvgIpc) is 2.90. The number of aliphatic hydroxyl groups excluding tert-OH is 3. The van der Waals surface area contributed by atoms with Crippen molar-refractivity contribution >= 4 is 17.7 Å². The van der Waals surface area contributed by atoms with E-state index in [1.807, 2.05) is 0 Å². The van der Waals surface area contributed by atoms with Crippen LogP contribution in [0.25, 0.3) is 0 Å². The number of hydrogen-bond donors (Lipinski definition) is 4. The van der Waals surface area contributed by atoms with Crippen LogP contribution in [0.3, 0.4) is 0 Å². The predicted octanol–water partition coefficient (Wildman–Crippen LogP) is 3.17. The first-order chi connectivity index (χ1) is 13.3. The van der Waals surface area contributed by atoms with Crippen LogP contribution in [0, 0.1) is 11.7 Å². The number of aliphatic hydroxyl groups is 3. The fourth-order valence-corrected chi connectivity index (χ4v) is 5.33. The molecule has 1 fully saturated rings. The number of thioether (sulfide) groups is 1. The summed E-state index contributed by atoms with van der Waals surface area (Å²) in [6.07, 6.45) is 2.48. The molecule has 4 N–H and O–H groups in total. The van der Waals surface area contributed by atoms with Gasteiger partial charge in [0, 0.05) is 17.4 Å². The van der Waals surface area contributed by atoms with Crippen molar-refractivity contribution in [2.75, 3.05) is 5.75 Å². The summed E-state index contributed by atoms with van der Waals surface area (Å²) < 4.78 is 13.0. The number of hydrogen-bond acceptors (Lipinski definition) is 5. The lowest BCUT2D eigenvalue weighted by Crippen LogP contribution is -2.26. The van der Waals surface area contributed by atoms with E-state index in [0.29, 0.717) is 24.2 Å². The number of aliphatic carboxylic acids is 1. The predicted molar refractivity (Wildman–Crippen MR) is 108 cm³/mol. The van der Waals surface area contributed by atoms with E-state index in [9.17, 15) is 29.6 Å². The first-order valence-electron chi connectivity index (χ1n) is 9.93. The third kappa shape index (κ3) is 6.72. The third-order valence-electron chi connectivity index (χ3n) is 5.41. The SMILES string of the molecule is CC(O)CS[C@H]1C(O)CC(O)[C@@H]1CCCCCC(C(=O)O)c1ccc(F)cc1. The van der Waals surface area contributed by atoms with Crippen LogP contribution < -0.4 is 0 Å². The monoisotopic (exact) mass is 414 g/mol. The normalized spacial score (nSPS) is 26.9. The van der Waals surface area contributed by atoms with Crippen molar-refractivity contribution in [3.8, 4) is 0 Å². The molecule has 4 unspecified atom stereocenters. The number of benzene rings is 1. The molecule has 158 valence electrons. The third-order valence-corrected chi connectivity index (χ3v) is 7.13. The molecule has 0 spiro atoms. The first kappa shape index (κ1) is 23.1. The summed E-state index contributed by atoms with van der Waals surface area (Å²) in [5.74, 6) is -1.41. The van der Waals surface area contributed by atoms with E-state index in [4.69, 9.17) is 0 Å². The van der Waals surface area contributed by atoms with Crippen molar-refractivity contribution < 1.29 is 29.6 Å². The van der Waals surface area contributed by atoms with E-state index in [2.05, 4.69) is 0 Å². The highest BCUT2D eigenvalue weighted by Gasteiger charge is 2.41. The van der Waals surface area contributed by atoms with E-state index in [-0.39, 0.29) is 17.0 Å².